The van der Waals surface area contributed by atoms with Crippen LogP contribution in [-0.4, -0.2) is 23.9 Å². The van der Waals surface area contributed by atoms with Crippen molar-refractivity contribution in [2.24, 2.45) is 5.92 Å². The molecule has 1 rings (SSSR count). The summed E-state index contributed by atoms with van der Waals surface area (Å²) in [5.74, 6) is 0.586. The summed E-state index contributed by atoms with van der Waals surface area (Å²) in [5.41, 5.74) is 8.04. The molecule has 0 aromatic heterocycles. The monoisotopic (exact) mass is 248 g/mol. The first kappa shape index (κ1) is 14.6. The minimum atomic E-state index is 0.0127. The fraction of sp³-hybridized carbons (Fsp3) is 0.533. The van der Waals surface area contributed by atoms with Crippen LogP contribution < -0.4 is 5.73 Å². The summed E-state index contributed by atoms with van der Waals surface area (Å²) in [6.45, 7) is 8.32. The Balaban J connectivity index is 2.93. The van der Waals surface area contributed by atoms with Crippen molar-refractivity contribution < 1.29 is 4.79 Å². The van der Waals surface area contributed by atoms with Crippen LogP contribution in [0, 0.1) is 12.8 Å². The SMILES string of the molecule is Cc1cccc(N)c1C(=O)N(C)C(C)CC(C)C. The molecule has 0 aliphatic heterocycles. The maximum absolute atomic E-state index is 12.5. The van der Waals surface area contributed by atoms with E-state index in [9.17, 15) is 4.79 Å². The first-order valence-electron chi connectivity index (χ1n) is 6.46. The van der Waals surface area contributed by atoms with Crippen LogP contribution in [0.4, 0.5) is 5.69 Å². The van der Waals surface area contributed by atoms with Gasteiger partial charge in [0.05, 0.1) is 5.56 Å². The zero-order valence-electron chi connectivity index (χ0n) is 12.0. The fourth-order valence-electron chi connectivity index (χ4n) is 2.20. The highest BCUT2D eigenvalue weighted by Crippen LogP contribution is 2.20. The highest BCUT2D eigenvalue weighted by molar-refractivity contribution is 6.00. The van der Waals surface area contributed by atoms with Crippen LogP contribution in [0.5, 0.6) is 0 Å². The number of nitrogens with zero attached hydrogens (tertiary/aromatic N) is 1. The molecule has 0 saturated carbocycles. The van der Waals surface area contributed by atoms with Gasteiger partial charge in [-0.3, -0.25) is 4.79 Å². The lowest BCUT2D eigenvalue weighted by Gasteiger charge is -2.27. The first-order valence-corrected chi connectivity index (χ1v) is 6.46. The molecule has 2 N–H and O–H groups in total. The molecule has 0 heterocycles. The summed E-state index contributed by atoms with van der Waals surface area (Å²) in [6, 6.07) is 5.79. The number of nitrogens with two attached hydrogens (primary N) is 1. The van der Waals surface area contributed by atoms with Gasteiger partial charge in [0.15, 0.2) is 0 Å². The Labute approximate surface area is 110 Å². The third-order valence-electron chi connectivity index (χ3n) is 3.31. The van der Waals surface area contributed by atoms with Crippen molar-refractivity contribution in [3.05, 3.63) is 29.3 Å². The van der Waals surface area contributed by atoms with E-state index in [0.29, 0.717) is 17.2 Å². The van der Waals surface area contributed by atoms with Crippen molar-refractivity contribution in [3.63, 3.8) is 0 Å². The van der Waals surface area contributed by atoms with E-state index in [1.165, 1.54) is 0 Å². The zero-order valence-corrected chi connectivity index (χ0v) is 12.0. The zero-order chi connectivity index (χ0) is 13.9. The standard InChI is InChI=1S/C15H24N2O/c1-10(2)9-12(4)17(5)15(18)14-11(3)7-6-8-13(14)16/h6-8,10,12H,9,16H2,1-5H3. The number of hydrogen-bond acceptors (Lipinski definition) is 2. The van der Waals surface area contributed by atoms with Gasteiger partial charge in [-0.1, -0.05) is 26.0 Å². The molecule has 0 radical (unpaired) electrons. The quantitative estimate of drug-likeness (QED) is 0.832. The molecule has 0 fully saturated rings. The lowest BCUT2D eigenvalue weighted by molar-refractivity contribution is 0.0728. The maximum Gasteiger partial charge on any atom is 0.256 e. The summed E-state index contributed by atoms with van der Waals surface area (Å²) in [5, 5.41) is 0. The van der Waals surface area contributed by atoms with Crippen LogP contribution in [0.1, 0.15) is 43.1 Å². The van der Waals surface area contributed by atoms with Crippen LogP contribution in [-0.2, 0) is 0 Å². The van der Waals surface area contributed by atoms with E-state index in [1.54, 1.807) is 11.0 Å². The van der Waals surface area contributed by atoms with E-state index in [4.69, 9.17) is 5.73 Å². The van der Waals surface area contributed by atoms with Gasteiger partial charge in [-0.25, -0.2) is 0 Å². The molecule has 18 heavy (non-hydrogen) atoms. The fourth-order valence-corrected chi connectivity index (χ4v) is 2.20. The van der Waals surface area contributed by atoms with Gasteiger partial charge in [0, 0.05) is 18.8 Å². The van der Waals surface area contributed by atoms with E-state index >= 15 is 0 Å². The smallest absolute Gasteiger partial charge is 0.256 e. The highest BCUT2D eigenvalue weighted by atomic mass is 16.2. The molecule has 1 aromatic rings. The number of rotatable bonds is 4. The Kier molecular flexibility index (Phi) is 4.76. The van der Waals surface area contributed by atoms with Crippen LogP contribution in [0.15, 0.2) is 18.2 Å². The third-order valence-corrected chi connectivity index (χ3v) is 3.31. The number of benzene rings is 1. The van der Waals surface area contributed by atoms with E-state index in [2.05, 4.69) is 20.8 Å². The highest BCUT2D eigenvalue weighted by Gasteiger charge is 2.21. The van der Waals surface area contributed by atoms with Crippen molar-refractivity contribution in [3.8, 4) is 0 Å². The second-order valence-electron chi connectivity index (χ2n) is 5.43. The minimum Gasteiger partial charge on any atom is -0.398 e. The number of hydrogen-bond donors (Lipinski definition) is 1. The number of anilines is 1. The van der Waals surface area contributed by atoms with Gasteiger partial charge < -0.3 is 10.6 Å². The molecule has 3 heteroatoms. The number of carbonyl (C=O) groups excluding carboxylic acids is 1. The summed E-state index contributed by atoms with van der Waals surface area (Å²) < 4.78 is 0. The van der Waals surface area contributed by atoms with E-state index in [-0.39, 0.29) is 11.9 Å². The Morgan fingerprint density at radius 3 is 2.44 bits per heavy atom. The molecule has 0 saturated heterocycles. The van der Waals surface area contributed by atoms with Gasteiger partial charge in [0.1, 0.15) is 0 Å². The summed E-state index contributed by atoms with van der Waals surface area (Å²) >= 11 is 0. The van der Waals surface area contributed by atoms with Gasteiger partial charge >= 0.3 is 0 Å². The molecule has 3 nitrogen and oxygen atoms in total. The molecule has 0 bridgehead atoms. The summed E-state index contributed by atoms with van der Waals surface area (Å²) in [7, 11) is 1.85. The summed E-state index contributed by atoms with van der Waals surface area (Å²) in [4.78, 5) is 14.2. The number of amides is 1. The minimum absolute atomic E-state index is 0.0127. The maximum atomic E-state index is 12.5. The Morgan fingerprint density at radius 1 is 1.33 bits per heavy atom. The first-order chi connectivity index (χ1) is 8.34. The Hall–Kier alpha value is -1.51. The van der Waals surface area contributed by atoms with Crippen LogP contribution in [0.2, 0.25) is 0 Å². The van der Waals surface area contributed by atoms with Crippen LogP contribution >= 0.6 is 0 Å². The normalized spacial score (nSPS) is 12.6. The second-order valence-corrected chi connectivity index (χ2v) is 5.43. The Morgan fingerprint density at radius 2 is 1.94 bits per heavy atom. The van der Waals surface area contributed by atoms with Crippen molar-refractivity contribution in [2.75, 3.05) is 12.8 Å². The molecule has 1 atom stereocenters. The molecule has 1 unspecified atom stereocenters. The van der Waals surface area contributed by atoms with Crippen molar-refractivity contribution in [2.45, 2.75) is 40.2 Å². The van der Waals surface area contributed by atoms with Gasteiger partial charge in [-0.15, -0.1) is 0 Å². The van der Waals surface area contributed by atoms with Gasteiger partial charge in [-0.2, -0.15) is 0 Å². The lowest BCUT2D eigenvalue weighted by Crippen LogP contribution is -2.36. The summed E-state index contributed by atoms with van der Waals surface area (Å²) in [6.07, 6.45) is 0.994. The average molecular weight is 248 g/mol. The van der Waals surface area contributed by atoms with Crippen LogP contribution in [0.3, 0.4) is 0 Å². The van der Waals surface area contributed by atoms with Crippen LogP contribution in [0.25, 0.3) is 0 Å². The van der Waals surface area contributed by atoms with E-state index < -0.39 is 0 Å². The third kappa shape index (κ3) is 3.25. The van der Waals surface area contributed by atoms with E-state index in [1.807, 2.05) is 26.1 Å². The molecule has 0 aliphatic rings. The molecule has 0 aliphatic carbocycles. The molecule has 100 valence electrons. The number of aryl methyl sites for hydroxylation is 1. The average Bonchev–Trinajstić information content (AvgIpc) is 2.26. The second kappa shape index (κ2) is 5.89. The van der Waals surface area contributed by atoms with Gasteiger partial charge in [-0.05, 0) is 37.8 Å². The number of carbonyl (C=O) groups is 1. The van der Waals surface area contributed by atoms with Crippen molar-refractivity contribution >= 4 is 11.6 Å². The lowest BCUT2D eigenvalue weighted by atomic mass is 10.0. The molecule has 0 spiro atoms. The van der Waals surface area contributed by atoms with Gasteiger partial charge in [0.2, 0.25) is 0 Å². The number of nitrogen functional groups attached to an aromatic ring is 1. The molecular weight excluding hydrogens is 224 g/mol. The van der Waals surface area contributed by atoms with Crippen molar-refractivity contribution in [1.82, 2.24) is 4.90 Å². The van der Waals surface area contributed by atoms with Crippen molar-refractivity contribution in [1.29, 1.82) is 0 Å². The Bertz CT molecular complexity index is 406. The molecular formula is C15H24N2O. The predicted molar refractivity (Wildman–Crippen MR) is 76.6 cm³/mol. The van der Waals surface area contributed by atoms with E-state index in [0.717, 1.165) is 12.0 Å². The largest absolute Gasteiger partial charge is 0.398 e. The predicted octanol–water partition coefficient (Wildman–Crippen LogP) is 3.08. The topological polar surface area (TPSA) is 46.3 Å². The molecule has 1 aromatic carbocycles. The van der Waals surface area contributed by atoms with Gasteiger partial charge in [0.25, 0.3) is 5.91 Å². The molecule has 1 amide bonds.